The third kappa shape index (κ3) is 5.56. The molecule has 0 N–H and O–H groups in total. The molecular weight excluding hydrogens is 473 g/mol. The monoisotopic (exact) mass is 501 g/mol. The van der Waals surface area contributed by atoms with Crippen molar-refractivity contribution in [2.75, 3.05) is 19.7 Å². The number of benzene rings is 2. The van der Waals surface area contributed by atoms with Gasteiger partial charge >= 0.3 is 5.97 Å². The van der Waals surface area contributed by atoms with Crippen molar-refractivity contribution >= 4 is 46.1 Å². The van der Waals surface area contributed by atoms with Gasteiger partial charge in [0, 0.05) is 32.5 Å². The summed E-state index contributed by atoms with van der Waals surface area (Å²) in [5.41, 5.74) is 3.94. The first-order valence-corrected chi connectivity index (χ1v) is 12.5. The maximum absolute atomic E-state index is 13.1. The minimum Gasteiger partial charge on any atom is -0.466 e. The van der Waals surface area contributed by atoms with Gasteiger partial charge in [0.2, 0.25) is 5.91 Å². The Morgan fingerprint density at radius 2 is 1.88 bits per heavy atom. The molecular formula is C26H29Cl2N3O3. The molecule has 8 heteroatoms. The Balaban J connectivity index is 1.54. The molecule has 4 rings (SSSR count). The molecule has 1 fully saturated rings. The van der Waals surface area contributed by atoms with E-state index >= 15 is 0 Å². The Kier molecular flexibility index (Phi) is 7.79. The molecule has 1 aromatic heterocycles. The maximum atomic E-state index is 13.1. The largest absolute Gasteiger partial charge is 0.466 e. The fourth-order valence-electron chi connectivity index (χ4n) is 4.46. The van der Waals surface area contributed by atoms with Crippen molar-refractivity contribution in [3.05, 3.63) is 63.4 Å². The van der Waals surface area contributed by atoms with Crippen LogP contribution in [0.3, 0.4) is 0 Å². The van der Waals surface area contributed by atoms with Gasteiger partial charge in [-0.3, -0.25) is 9.59 Å². The van der Waals surface area contributed by atoms with Crippen molar-refractivity contribution < 1.29 is 14.3 Å². The zero-order chi connectivity index (χ0) is 24.2. The first-order chi connectivity index (χ1) is 16.4. The number of carbonyl (C=O) groups is 2. The van der Waals surface area contributed by atoms with Gasteiger partial charge in [0.15, 0.2) is 0 Å². The number of amides is 1. The number of likely N-dealkylation sites (tertiary alicyclic amines) is 1. The zero-order valence-electron chi connectivity index (χ0n) is 19.5. The number of hydrogen-bond donors (Lipinski definition) is 0. The van der Waals surface area contributed by atoms with E-state index in [0.29, 0.717) is 49.1 Å². The topological polar surface area (TPSA) is 64.4 Å². The number of imidazole rings is 1. The van der Waals surface area contributed by atoms with Crippen molar-refractivity contribution in [2.24, 2.45) is 5.92 Å². The highest BCUT2D eigenvalue weighted by molar-refractivity contribution is 6.42. The van der Waals surface area contributed by atoms with Crippen LogP contribution >= 0.6 is 23.2 Å². The number of nitrogens with zero attached hydrogens (tertiary/aromatic N) is 3. The molecule has 2 heterocycles. The van der Waals surface area contributed by atoms with Crippen LogP contribution < -0.4 is 0 Å². The summed E-state index contributed by atoms with van der Waals surface area (Å²) < 4.78 is 7.22. The van der Waals surface area contributed by atoms with Gasteiger partial charge in [-0.1, -0.05) is 53.0 Å². The Morgan fingerprint density at radius 3 is 2.62 bits per heavy atom. The van der Waals surface area contributed by atoms with E-state index in [1.165, 1.54) is 5.56 Å². The molecule has 0 aliphatic carbocycles. The summed E-state index contributed by atoms with van der Waals surface area (Å²) in [6.45, 7) is 5.76. The number of aryl methyl sites for hydroxylation is 2. The average molecular weight is 502 g/mol. The van der Waals surface area contributed by atoms with Crippen LogP contribution in [0.25, 0.3) is 11.0 Å². The lowest BCUT2D eigenvalue weighted by molar-refractivity contribution is -0.151. The predicted octanol–water partition coefficient (Wildman–Crippen LogP) is 5.43. The molecule has 1 aliphatic rings. The first kappa shape index (κ1) is 24.6. The summed E-state index contributed by atoms with van der Waals surface area (Å²) in [7, 11) is 0. The van der Waals surface area contributed by atoms with Gasteiger partial charge in [-0.15, -0.1) is 0 Å². The van der Waals surface area contributed by atoms with Crippen molar-refractivity contribution in [3.63, 3.8) is 0 Å². The number of ether oxygens (including phenoxy) is 1. The minimum absolute atomic E-state index is 0.0252. The quantitative estimate of drug-likeness (QED) is 0.404. The summed E-state index contributed by atoms with van der Waals surface area (Å²) in [6.07, 6.45) is 2.50. The summed E-state index contributed by atoms with van der Waals surface area (Å²) in [5, 5.41) is 0.909. The highest BCUT2D eigenvalue weighted by atomic mass is 35.5. The highest BCUT2D eigenvalue weighted by Gasteiger charge is 2.29. The molecule has 0 saturated carbocycles. The molecule has 6 nitrogen and oxygen atoms in total. The van der Waals surface area contributed by atoms with Crippen LogP contribution in [0.15, 0.2) is 36.4 Å². The van der Waals surface area contributed by atoms with E-state index in [4.69, 9.17) is 32.9 Å². The van der Waals surface area contributed by atoms with Crippen LogP contribution in [-0.2, 0) is 27.3 Å². The standard InChI is InChI=1S/C26H29Cl2N3O3/c1-3-34-26(33)19-5-4-11-30(16-19)25(32)10-12-31-23-15-21(28)20(27)14-22(23)29-24(31)13-18-8-6-17(2)7-9-18/h6-9,14-15,19H,3-5,10-13,16H2,1-2H3/t19-/m1/s1. The molecule has 0 bridgehead atoms. The number of hydrogen-bond acceptors (Lipinski definition) is 4. The molecule has 1 saturated heterocycles. The number of rotatable bonds is 7. The molecule has 1 atom stereocenters. The van der Waals surface area contributed by atoms with Crippen molar-refractivity contribution in [1.29, 1.82) is 0 Å². The lowest BCUT2D eigenvalue weighted by Crippen LogP contribution is -2.43. The fourth-order valence-corrected chi connectivity index (χ4v) is 4.78. The van der Waals surface area contributed by atoms with Crippen LogP contribution in [0.1, 0.15) is 43.1 Å². The minimum atomic E-state index is -0.246. The molecule has 0 spiro atoms. The summed E-state index contributed by atoms with van der Waals surface area (Å²) >= 11 is 12.5. The van der Waals surface area contributed by atoms with Crippen LogP contribution in [0.2, 0.25) is 10.0 Å². The highest BCUT2D eigenvalue weighted by Crippen LogP contribution is 2.29. The second kappa shape index (κ2) is 10.8. The van der Waals surface area contributed by atoms with E-state index in [1.54, 1.807) is 17.9 Å². The van der Waals surface area contributed by atoms with Gasteiger partial charge in [0.05, 0.1) is 33.6 Å². The van der Waals surface area contributed by atoms with Crippen molar-refractivity contribution in [1.82, 2.24) is 14.5 Å². The Bertz CT molecular complexity index is 1190. The summed E-state index contributed by atoms with van der Waals surface area (Å²) in [6, 6.07) is 11.9. The van der Waals surface area contributed by atoms with Gasteiger partial charge in [0.25, 0.3) is 0 Å². The van der Waals surface area contributed by atoms with Gasteiger partial charge in [-0.25, -0.2) is 4.98 Å². The van der Waals surface area contributed by atoms with Crippen LogP contribution in [0, 0.1) is 12.8 Å². The van der Waals surface area contributed by atoms with E-state index in [-0.39, 0.29) is 17.8 Å². The zero-order valence-corrected chi connectivity index (χ0v) is 21.0. The fraction of sp³-hybridized carbons (Fsp3) is 0.423. The number of aromatic nitrogens is 2. The molecule has 1 aliphatic heterocycles. The molecule has 1 amide bonds. The molecule has 0 unspecified atom stereocenters. The Labute approximate surface area is 209 Å². The molecule has 2 aromatic carbocycles. The number of esters is 1. The van der Waals surface area contributed by atoms with Crippen molar-refractivity contribution in [3.8, 4) is 0 Å². The maximum Gasteiger partial charge on any atom is 0.310 e. The third-order valence-corrected chi connectivity index (χ3v) is 7.02. The third-order valence-electron chi connectivity index (χ3n) is 6.30. The smallest absolute Gasteiger partial charge is 0.310 e. The van der Waals surface area contributed by atoms with E-state index < -0.39 is 0 Å². The Hall–Kier alpha value is -2.57. The average Bonchev–Trinajstić information content (AvgIpc) is 3.15. The SMILES string of the molecule is CCOC(=O)[C@@H]1CCCN(C(=O)CCn2c(Cc3ccc(C)cc3)nc3cc(Cl)c(Cl)cc32)C1. The molecule has 3 aromatic rings. The number of halogens is 2. The van der Waals surface area contributed by atoms with E-state index in [2.05, 4.69) is 35.8 Å². The Morgan fingerprint density at radius 1 is 1.15 bits per heavy atom. The second-order valence-corrected chi connectivity index (χ2v) is 9.59. The number of carbonyl (C=O) groups excluding carboxylic acids is 2. The van der Waals surface area contributed by atoms with E-state index in [1.807, 2.05) is 6.07 Å². The summed E-state index contributed by atoms with van der Waals surface area (Å²) in [4.78, 5) is 31.8. The van der Waals surface area contributed by atoms with Crippen LogP contribution in [0.5, 0.6) is 0 Å². The number of piperidine rings is 1. The molecule has 180 valence electrons. The van der Waals surface area contributed by atoms with Gasteiger partial charge in [-0.05, 0) is 44.4 Å². The van der Waals surface area contributed by atoms with E-state index in [9.17, 15) is 9.59 Å². The first-order valence-electron chi connectivity index (χ1n) is 11.7. The second-order valence-electron chi connectivity index (χ2n) is 8.78. The van der Waals surface area contributed by atoms with Crippen LogP contribution in [0.4, 0.5) is 0 Å². The molecule has 34 heavy (non-hydrogen) atoms. The number of fused-ring (bicyclic) bond motifs is 1. The lowest BCUT2D eigenvalue weighted by Gasteiger charge is -2.31. The summed E-state index contributed by atoms with van der Waals surface area (Å²) in [5.74, 6) is 0.419. The van der Waals surface area contributed by atoms with Gasteiger partial charge in [-0.2, -0.15) is 0 Å². The lowest BCUT2D eigenvalue weighted by atomic mass is 9.98. The van der Waals surface area contributed by atoms with Gasteiger partial charge < -0.3 is 14.2 Å². The van der Waals surface area contributed by atoms with Crippen molar-refractivity contribution in [2.45, 2.75) is 46.1 Å². The van der Waals surface area contributed by atoms with Crippen LogP contribution in [-0.4, -0.2) is 46.0 Å². The normalized spacial score (nSPS) is 16.1. The molecule has 0 radical (unpaired) electrons. The predicted molar refractivity (Wildman–Crippen MR) is 134 cm³/mol. The van der Waals surface area contributed by atoms with E-state index in [0.717, 1.165) is 35.3 Å². The van der Waals surface area contributed by atoms with Gasteiger partial charge in [0.1, 0.15) is 5.82 Å².